The van der Waals surface area contributed by atoms with Crippen LogP contribution >= 0.6 is 0 Å². The van der Waals surface area contributed by atoms with Crippen LogP contribution in [0.15, 0.2) is 60.9 Å². The van der Waals surface area contributed by atoms with Crippen molar-refractivity contribution in [2.24, 2.45) is 0 Å². The minimum atomic E-state index is -0.982. The number of carbonyl (C=O) groups excluding carboxylic acids is 1. The molecule has 0 bridgehead atoms. The number of aromatic nitrogens is 1. The molecule has 4 rings (SSSR count). The molecule has 0 spiro atoms. The van der Waals surface area contributed by atoms with Gasteiger partial charge in [0.15, 0.2) is 11.6 Å². The van der Waals surface area contributed by atoms with Crippen molar-refractivity contribution >= 4 is 5.91 Å². The summed E-state index contributed by atoms with van der Waals surface area (Å²) in [5.74, 6) is -1.50. The van der Waals surface area contributed by atoms with Gasteiger partial charge in [-0.2, -0.15) is 0 Å². The predicted octanol–water partition coefficient (Wildman–Crippen LogP) is 3.69. The molecule has 1 aliphatic rings. The molecule has 1 aliphatic heterocycles. The number of para-hydroxylation sites is 1. The molecular formula is C22H18F2N2O2. The van der Waals surface area contributed by atoms with Gasteiger partial charge in [-0.3, -0.25) is 9.78 Å². The van der Waals surface area contributed by atoms with Gasteiger partial charge in [-0.05, 0) is 29.3 Å². The van der Waals surface area contributed by atoms with Gasteiger partial charge in [0.05, 0.1) is 13.0 Å². The lowest BCUT2D eigenvalue weighted by Gasteiger charge is -2.14. The standard InChI is InChI=1S/C22H18F2N2O2/c23-19-6-2-3-15(21(19)24)12-20(27)26-13-17-11-16-4-1-5-18(22(16)28-17)14-7-9-25-10-8-14/h1-10,17H,11-13H2,(H,26,27)/t17-/m1/s1. The summed E-state index contributed by atoms with van der Waals surface area (Å²) in [7, 11) is 0. The van der Waals surface area contributed by atoms with Gasteiger partial charge in [0.1, 0.15) is 11.9 Å². The smallest absolute Gasteiger partial charge is 0.224 e. The Hall–Kier alpha value is -3.28. The number of hydrogen-bond donors (Lipinski definition) is 1. The fourth-order valence-electron chi connectivity index (χ4n) is 3.36. The van der Waals surface area contributed by atoms with E-state index in [-0.39, 0.29) is 24.0 Å². The lowest BCUT2D eigenvalue weighted by atomic mass is 10.0. The van der Waals surface area contributed by atoms with Crippen molar-refractivity contribution in [3.05, 3.63) is 83.7 Å². The molecule has 1 atom stereocenters. The summed E-state index contributed by atoms with van der Waals surface area (Å²) in [6.45, 7) is 0.292. The summed E-state index contributed by atoms with van der Waals surface area (Å²) in [5, 5.41) is 2.75. The van der Waals surface area contributed by atoms with Gasteiger partial charge in [0.2, 0.25) is 5.91 Å². The van der Waals surface area contributed by atoms with Crippen LogP contribution in [-0.2, 0) is 17.6 Å². The molecule has 1 amide bonds. The maximum absolute atomic E-state index is 13.7. The van der Waals surface area contributed by atoms with Crippen LogP contribution in [-0.4, -0.2) is 23.5 Å². The summed E-state index contributed by atoms with van der Waals surface area (Å²) in [4.78, 5) is 16.2. The largest absolute Gasteiger partial charge is 0.487 e. The SMILES string of the molecule is O=C(Cc1cccc(F)c1F)NC[C@H]1Cc2cccc(-c3ccncc3)c2O1. The summed E-state index contributed by atoms with van der Waals surface area (Å²) >= 11 is 0. The zero-order valence-corrected chi connectivity index (χ0v) is 15.0. The summed E-state index contributed by atoms with van der Waals surface area (Å²) in [5.41, 5.74) is 3.10. The van der Waals surface area contributed by atoms with Gasteiger partial charge in [-0.1, -0.05) is 30.3 Å². The second-order valence-corrected chi connectivity index (χ2v) is 6.67. The summed E-state index contributed by atoms with van der Waals surface area (Å²) < 4.78 is 33.0. The number of hydrogen-bond acceptors (Lipinski definition) is 3. The Labute approximate surface area is 161 Å². The first-order valence-electron chi connectivity index (χ1n) is 9.00. The fourth-order valence-corrected chi connectivity index (χ4v) is 3.36. The average Bonchev–Trinajstić information content (AvgIpc) is 3.14. The predicted molar refractivity (Wildman–Crippen MR) is 101 cm³/mol. The Bertz CT molecular complexity index is 1010. The summed E-state index contributed by atoms with van der Waals surface area (Å²) in [6.07, 6.45) is 3.70. The Morgan fingerprint density at radius 1 is 1.11 bits per heavy atom. The highest BCUT2D eigenvalue weighted by molar-refractivity contribution is 5.78. The molecule has 142 valence electrons. The number of pyridine rings is 1. The maximum atomic E-state index is 13.7. The van der Waals surface area contributed by atoms with Crippen molar-refractivity contribution in [1.29, 1.82) is 0 Å². The Balaban J connectivity index is 1.39. The molecule has 0 radical (unpaired) electrons. The molecule has 4 nitrogen and oxygen atoms in total. The number of rotatable bonds is 5. The molecule has 6 heteroatoms. The van der Waals surface area contributed by atoms with E-state index in [1.165, 1.54) is 12.1 Å². The van der Waals surface area contributed by atoms with Crippen LogP contribution in [0.4, 0.5) is 8.78 Å². The van der Waals surface area contributed by atoms with Crippen molar-refractivity contribution in [2.45, 2.75) is 18.9 Å². The second-order valence-electron chi connectivity index (χ2n) is 6.67. The minimum Gasteiger partial charge on any atom is -0.487 e. The molecule has 0 unspecified atom stereocenters. The third kappa shape index (κ3) is 3.71. The lowest BCUT2D eigenvalue weighted by molar-refractivity contribution is -0.120. The van der Waals surface area contributed by atoms with E-state index in [2.05, 4.69) is 10.3 Å². The highest BCUT2D eigenvalue weighted by atomic mass is 19.2. The fraction of sp³-hybridized carbons (Fsp3) is 0.182. The average molecular weight is 380 g/mol. The third-order valence-electron chi connectivity index (χ3n) is 4.73. The van der Waals surface area contributed by atoms with Gasteiger partial charge in [-0.15, -0.1) is 0 Å². The Morgan fingerprint density at radius 3 is 2.71 bits per heavy atom. The molecule has 2 aromatic carbocycles. The normalized spacial score (nSPS) is 15.0. The molecule has 0 fully saturated rings. The van der Waals surface area contributed by atoms with E-state index in [0.717, 1.165) is 28.5 Å². The third-order valence-corrected chi connectivity index (χ3v) is 4.73. The molecule has 0 saturated heterocycles. The van der Waals surface area contributed by atoms with Gasteiger partial charge in [0.25, 0.3) is 0 Å². The van der Waals surface area contributed by atoms with Crippen LogP contribution in [0.25, 0.3) is 11.1 Å². The van der Waals surface area contributed by atoms with Gasteiger partial charge >= 0.3 is 0 Å². The number of fused-ring (bicyclic) bond motifs is 1. The minimum absolute atomic E-state index is 0.0353. The molecule has 1 aromatic heterocycles. The van der Waals surface area contributed by atoms with Crippen molar-refractivity contribution in [3.8, 4) is 16.9 Å². The summed E-state index contributed by atoms with van der Waals surface area (Å²) in [6, 6.07) is 13.6. The van der Waals surface area contributed by atoms with Crippen molar-refractivity contribution in [2.75, 3.05) is 6.54 Å². The topological polar surface area (TPSA) is 51.2 Å². The quantitative estimate of drug-likeness (QED) is 0.735. The van der Waals surface area contributed by atoms with Crippen LogP contribution in [0.5, 0.6) is 5.75 Å². The molecule has 1 N–H and O–H groups in total. The number of halogens is 2. The van der Waals surface area contributed by atoms with E-state index in [1.807, 2.05) is 30.3 Å². The highest BCUT2D eigenvalue weighted by Gasteiger charge is 2.26. The number of carbonyl (C=O) groups is 1. The monoisotopic (exact) mass is 380 g/mol. The zero-order chi connectivity index (χ0) is 19.5. The first-order chi connectivity index (χ1) is 13.6. The number of nitrogens with zero attached hydrogens (tertiary/aromatic N) is 1. The number of benzene rings is 2. The van der Waals surface area contributed by atoms with E-state index in [1.54, 1.807) is 12.4 Å². The first-order valence-corrected chi connectivity index (χ1v) is 9.00. The van der Waals surface area contributed by atoms with E-state index in [4.69, 9.17) is 4.74 Å². The van der Waals surface area contributed by atoms with E-state index < -0.39 is 11.6 Å². The molecular weight excluding hydrogens is 362 g/mol. The molecule has 0 saturated carbocycles. The Kier molecular flexibility index (Phi) is 5.02. The Morgan fingerprint density at radius 2 is 1.89 bits per heavy atom. The van der Waals surface area contributed by atoms with Crippen LogP contribution in [0.2, 0.25) is 0 Å². The van der Waals surface area contributed by atoms with Crippen LogP contribution in [0.3, 0.4) is 0 Å². The highest BCUT2D eigenvalue weighted by Crippen LogP contribution is 2.38. The van der Waals surface area contributed by atoms with Gasteiger partial charge in [0, 0.05) is 29.9 Å². The van der Waals surface area contributed by atoms with Crippen molar-refractivity contribution < 1.29 is 18.3 Å². The van der Waals surface area contributed by atoms with Crippen LogP contribution in [0, 0.1) is 11.6 Å². The molecule has 3 aromatic rings. The molecule has 2 heterocycles. The van der Waals surface area contributed by atoms with Crippen LogP contribution in [0.1, 0.15) is 11.1 Å². The van der Waals surface area contributed by atoms with Gasteiger partial charge < -0.3 is 10.1 Å². The van der Waals surface area contributed by atoms with E-state index in [9.17, 15) is 13.6 Å². The van der Waals surface area contributed by atoms with Gasteiger partial charge in [-0.25, -0.2) is 8.78 Å². The molecule has 0 aliphatic carbocycles. The van der Waals surface area contributed by atoms with E-state index in [0.29, 0.717) is 13.0 Å². The maximum Gasteiger partial charge on any atom is 0.224 e. The number of ether oxygens (including phenoxy) is 1. The van der Waals surface area contributed by atoms with Crippen molar-refractivity contribution in [3.63, 3.8) is 0 Å². The van der Waals surface area contributed by atoms with Crippen LogP contribution < -0.4 is 10.1 Å². The number of amides is 1. The second kappa shape index (κ2) is 7.76. The zero-order valence-electron chi connectivity index (χ0n) is 15.0. The first kappa shape index (κ1) is 18.1. The lowest BCUT2D eigenvalue weighted by Crippen LogP contribution is -2.35. The van der Waals surface area contributed by atoms with E-state index >= 15 is 0 Å². The number of nitrogens with one attached hydrogen (secondary N) is 1. The van der Waals surface area contributed by atoms with Crippen molar-refractivity contribution in [1.82, 2.24) is 10.3 Å². The molecule has 28 heavy (non-hydrogen) atoms.